The van der Waals surface area contributed by atoms with Crippen LogP contribution < -0.4 is 5.32 Å². The van der Waals surface area contributed by atoms with E-state index in [1.54, 1.807) is 24.3 Å². The van der Waals surface area contributed by atoms with Gasteiger partial charge < -0.3 is 20.1 Å². The number of carbonyl (C=O) groups is 3. The lowest BCUT2D eigenvalue weighted by Gasteiger charge is -2.34. The van der Waals surface area contributed by atoms with Crippen LogP contribution in [0.5, 0.6) is 0 Å². The minimum atomic E-state index is -1.10. The molecule has 0 aliphatic carbocycles. The third-order valence-corrected chi connectivity index (χ3v) is 4.66. The number of ether oxygens (including phenoxy) is 1. The van der Waals surface area contributed by atoms with Crippen molar-refractivity contribution < 1.29 is 24.2 Å². The molecule has 146 valence electrons. The normalized spacial score (nSPS) is 17.6. The van der Waals surface area contributed by atoms with E-state index < -0.39 is 18.1 Å². The third kappa shape index (κ3) is 4.75. The maximum absolute atomic E-state index is 12.9. The molecule has 7 nitrogen and oxygen atoms in total. The van der Waals surface area contributed by atoms with Gasteiger partial charge in [-0.1, -0.05) is 48.5 Å². The number of morpholine rings is 1. The van der Waals surface area contributed by atoms with E-state index in [1.165, 1.54) is 4.90 Å². The Morgan fingerprint density at radius 2 is 1.71 bits per heavy atom. The van der Waals surface area contributed by atoms with E-state index in [1.807, 2.05) is 36.4 Å². The summed E-state index contributed by atoms with van der Waals surface area (Å²) in [5.41, 5.74) is 1.27. The van der Waals surface area contributed by atoms with Crippen LogP contribution in [0.25, 0.3) is 0 Å². The number of hydrogen-bond donors (Lipinski definition) is 2. The van der Waals surface area contributed by atoms with Crippen molar-refractivity contribution >= 4 is 17.8 Å². The van der Waals surface area contributed by atoms with E-state index >= 15 is 0 Å². The minimum absolute atomic E-state index is 0.0343. The van der Waals surface area contributed by atoms with Crippen molar-refractivity contribution in [2.75, 3.05) is 19.8 Å². The number of carboxylic acid groups (broad SMARTS) is 1. The smallest absolute Gasteiger partial charge is 0.328 e. The Hall–Kier alpha value is -3.19. The van der Waals surface area contributed by atoms with Gasteiger partial charge in [-0.2, -0.15) is 0 Å². The molecule has 7 heteroatoms. The highest BCUT2D eigenvalue weighted by atomic mass is 16.5. The number of amides is 2. The van der Waals surface area contributed by atoms with Crippen molar-refractivity contribution in [3.63, 3.8) is 0 Å². The van der Waals surface area contributed by atoms with Crippen LogP contribution in [-0.4, -0.2) is 53.6 Å². The molecule has 2 aromatic carbocycles. The fraction of sp³-hybridized carbons (Fsp3) is 0.286. The summed E-state index contributed by atoms with van der Waals surface area (Å²) in [5.74, 6) is -1.73. The lowest BCUT2D eigenvalue weighted by molar-refractivity contribution is -0.158. The standard InChI is InChI=1S/C21H22N2O5/c24-19(23-11-12-28-14-18(23)21(26)27)13-17(15-7-3-1-4-8-15)22-20(25)16-9-5-2-6-10-16/h1-10,17-18H,11-14H2,(H,22,25)(H,26,27). The number of aliphatic carboxylic acids is 1. The lowest BCUT2D eigenvalue weighted by atomic mass is 10.0. The minimum Gasteiger partial charge on any atom is -0.480 e. The SMILES string of the molecule is O=C(NC(CC(=O)N1CCOCC1C(=O)O)c1ccccc1)c1ccccc1. The predicted molar refractivity (Wildman–Crippen MR) is 102 cm³/mol. The molecule has 0 saturated carbocycles. The molecule has 1 saturated heterocycles. The molecular formula is C21H22N2O5. The van der Waals surface area contributed by atoms with E-state index in [0.717, 1.165) is 5.56 Å². The average Bonchev–Trinajstić information content (AvgIpc) is 2.74. The highest BCUT2D eigenvalue weighted by Gasteiger charge is 2.34. The van der Waals surface area contributed by atoms with Crippen molar-refractivity contribution in [1.29, 1.82) is 0 Å². The summed E-state index contributed by atoms with van der Waals surface area (Å²) >= 11 is 0. The zero-order valence-electron chi connectivity index (χ0n) is 15.3. The van der Waals surface area contributed by atoms with Gasteiger partial charge in [0.05, 0.1) is 25.7 Å². The molecule has 0 bridgehead atoms. The third-order valence-electron chi connectivity index (χ3n) is 4.66. The van der Waals surface area contributed by atoms with Crippen LogP contribution in [0.2, 0.25) is 0 Å². The summed E-state index contributed by atoms with van der Waals surface area (Å²) in [6.07, 6.45) is -0.0354. The lowest BCUT2D eigenvalue weighted by Crippen LogP contribution is -2.53. The van der Waals surface area contributed by atoms with E-state index in [9.17, 15) is 19.5 Å². The fourth-order valence-corrected chi connectivity index (χ4v) is 3.17. The summed E-state index contributed by atoms with van der Waals surface area (Å²) in [6, 6.07) is 16.3. The van der Waals surface area contributed by atoms with Crippen LogP contribution >= 0.6 is 0 Å². The zero-order valence-corrected chi connectivity index (χ0v) is 15.3. The molecule has 2 atom stereocenters. The number of carboxylic acids is 1. The van der Waals surface area contributed by atoms with Crippen molar-refractivity contribution in [1.82, 2.24) is 10.2 Å². The Bertz CT molecular complexity index is 825. The molecular weight excluding hydrogens is 360 g/mol. The molecule has 28 heavy (non-hydrogen) atoms. The second kappa shape index (κ2) is 9.14. The molecule has 0 aromatic heterocycles. The number of hydrogen-bond acceptors (Lipinski definition) is 4. The van der Waals surface area contributed by atoms with Gasteiger partial charge in [-0.15, -0.1) is 0 Å². The topological polar surface area (TPSA) is 95.9 Å². The van der Waals surface area contributed by atoms with Gasteiger partial charge in [0.15, 0.2) is 6.04 Å². The van der Waals surface area contributed by atoms with Gasteiger partial charge in [0.2, 0.25) is 5.91 Å². The molecule has 1 heterocycles. The van der Waals surface area contributed by atoms with Gasteiger partial charge in [-0.25, -0.2) is 4.79 Å². The first kappa shape index (κ1) is 19.6. The molecule has 0 radical (unpaired) electrons. The van der Waals surface area contributed by atoms with Crippen LogP contribution in [-0.2, 0) is 14.3 Å². The Morgan fingerprint density at radius 3 is 2.36 bits per heavy atom. The second-order valence-electron chi connectivity index (χ2n) is 6.52. The van der Waals surface area contributed by atoms with Gasteiger partial charge in [0, 0.05) is 12.1 Å². The van der Waals surface area contributed by atoms with Crippen LogP contribution in [0, 0.1) is 0 Å². The maximum atomic E-state index is 12.9. The summed E-state index contributed by atoms with van der Waals surface area (Å²) in [6.45, 7) is 0.472. The highest BCUT2D eigenvalue weighted by Crippen LogP contribution is 2.20. The van der Waals surface area contributed by atoms with Crippen molar-refractivity contribution in [2.24, 2.45) is 0 Å². The predicted octanol–water partition coefficient (Wildman–Crippen LogP) is 1.86. The first-order valence-corrected chi connectivity index (χ1v) is 9.07. The van der Waals surface area contributed by atoms with Gasteiger partial charge in [-0.05, 0) is 17.7 Å². The average molecular weight is 382 g/mol. The van der Waals surface area contributed by atoms with Crippen LogP contribution in [0.1, 0.15) is 28.4 Å². The summed E-state index contributed by atoms with van der Waals surface area (Å²) in [7, 11) is 0. The van der Waals surface area contributed by atoms with E-state index in [2.05, 4.69) is 5.32 Å². The fourth-order valence-electron chi connectivity index (χ4n) is 3.17. The van der Waals surface area contributed by atoms with Gasteiger partial charge in [0.25, 0.3) is 5.91 Å². The quantitative estimate of drug-likeness (QED) is 0.795. The van der Waals surface area contributed by atoms with E-state index in [4.69, 9.17) is 4.74 Å². The maximum Gasteiger partial charge on any atom is 0.328 e. The first-order valence-electron chi connectivity index (χ1n) is 9.07. The molecule has 1 fully saturated rings. The largest absolute Gasteiger partial charge is 0.480 e. The van der Waals surface area contributed by atoms with Crippen LogP contribution in [0.3, 0.4) is 0 Å². The van der Waals surface area contributed by atoms with Crippen molar-refractivity contribution in [3.05, 3.63) is 71.8 Å². The van der Waals surface area contributed by atoms with Crippen LogP contribution in [0.4, 0.5) is 0 Å². The number of nitrogens with zero attached hydrogens (tertiary/aromatic N) is 1. The molecule has 2 aromatic rings. The number of rotatable bonds is 6. The number of carbonyl (C=O) groups excluding carboxylic acids is 2. The molecule has 2 unspecified atom stereocenters. The second-order valence-corrected chi connectivity index (χ2v) is 6.52. The monoisotopic (exact) mass is 382 g/mol. The van der Waals surface area contributed by atoms with Crippen molar-refractivity contribution in [3.8, 4) is 0 Å². The number of benzene rings is 2. The Kier molecular flexibility index (Phi) is 6.39. The Labute approximate surface area is 162 Å². The Balaban J connectivity index is 1.78. The molecule has 2 N–H and O–H groups in total. The van der Waals surface area contributed by atoms with Gasteiger partial charge in [-0.3, -0.25) is 9.59 Å². The van der Waals surface area contributed by atoms with E-state index in [-0.39, 0.29) is 31.4 Å². The molecule has 1 aliphatic heterocycles. The van der Waals surface area contributed by atoms with Gasteiger partial charge in [0.1, 0.15) is 0 Å². The molecule has 0 spiro atoms. The van der Waals surface area contributed by atoms with Crippen molar-refractivity contribution in [2.45, 2.75) is 18.5 Å². The summed E-state index contributed by atoms with van der Waals surface area (Å²) in [4.78, 5) is 38.2. The van der Waals surface area contributed by atoms with Gasteiger partial charge >= 0.3 is 5.97 Å². The summed E-state index contributed by atoms with van der Waals surface area (Å²) in [5, 5.41) is 12.3. The summed E-state index contributed by atoms with van der Waals surface area (Å²) < 4.78 is 5.19. The molecule has 1 aliphatic rings. The molecule has 3 rings (SSSR count). The Morgan fingerprint density at radius 1 is 1.07 bits per heavy atom. The zero-order chi connectivity index (χ0) is 19.9. The number of nitrogens with one attached hydrogen (secondary N) is 1. The highest BCUT2D eigenvalue weighted by molar-refractivity contribution is 5.95. The van der Waals surface area contributed by atoms with E-state index in [0.29, 0.717) is 12.2 Å². The van der Waals surface area contributed by atoms with Crippen LogP contribution in [0.15, 0.2) is 60.7 Å². The molecule has 2 amide bonds. The first-order chi connectivity index (χ1) is 13.6.